The van der Waals surface area contributed by atoms with E-state index in [4.69, 9.17) is 0 Å². The van der Waals surface area contributed by atoms with Crippen molar-refractivity contribution in [2.75, 3.05) is 4.90 Å². The smallest absolute Gasteiger partial charge is 0.0546 e. The van der Waals surface area contributed by atoms with E-state index in [-0.39, 0.29) is 0 Å². The lowest BCUT2D eigenvalue weighted by molar-refractivity contribution is 1.31. The SMILES string of the molecule is c1ccc2c(c1)cc(-c1ccc(-c3ccc(N(c4ccc5c(ccc6c7ccccc7sc56)c4)c4cc5ccccc5c5ccccc45)cc3)cc1)c1ccccc12. The van der Waals surface area contributed by atoms with Gasteiger partial charge in [0.15, 0.2) is 0 Å². The summed E-state index contributed by atoms with van der Waals surface area (Å²) in [6, 6.07) is 78.3. The average Bonchev–Trinajstić information content (AvgIpc) is 3.68. The predicted octanol–water partition coefficient (Wildman–Crippen LogP) is 16.6. The molecular formula is C56H35NS. The van der Waals surface area contributed by atoms with Crippen LogP contribution in [-0.4, -0.2) is 0 Å². The highest BCUT2D eigenvalue weighted by Gasteiger charge is 2.19. The summed E-state index contributed by atoms with van der Waals surface area (Å²) in [5.41, 5.74) is 8.28. The van der Waals surface area contributed by atoms with E-state index in [2.05, 4.69) is 217 Å². The van der Waals surface area contributed by atoms with Gasteiger partial charge in [0.1, 0.15) is 0 Å². The van der Waals surface area contributed by atoms with Crippen molar-refractivity contribution in [1.82, 2.24) is 0 Å². The van der Waals surface area contributed by atoms with Gasteiger partial charge in [-0.15, -0.1) is 11.3 Å². The zero-order valence-electron chi connectivity index (χ0n) is 31.6. The van der Waals surface area contributed by atoms with Crippen molar-refractivity contribution in [3.63, 3.8) is 0 Å². The number of thiophene rings is 1. The third-order valence-electron chi connectivity index (χ3n) is 12.0. The van der Waals surface area contributed by atoms with Crippen LogP contribution in [-0.2, 0) is 0 Å². The van der Waals surface area contributed by atoms with Crippen molar-refractivity contribution in [3.8, 4) is 22.3 Å². The molecule has 1 aromatic heterocycles. The Morgan fingerprint density at radius 2 is 0.793 bits per heavy atom. The number of anilines is 3. The van der Waals surface area contributed by atoms with E-state index in [1.807, 2.05) is 11.3 Å². The van der Waals surface area contributed by atoms with E-state index in [0.717, 1.165) is 17.1 Å². The lowest BCUT2D eigenvalue weighted by Gasteiger charge is -2.28. The van der Waals surface area contributed by atoms with Gasteiger partial charge in [0.2, 0.25) is 0 Å². The zero-order chi connectivity index (χ0) is 38.2. The lowest BCUT2D eigenvalue weighted by atomic mass is 9.92. The van der Waals surface area contributed by atoms with E-state index < -0.39 is 0 Å². The Morgan fingerprint density at radius 3 is 1.52 bits per heavy atom. The minimum absolute atomic E-state index is 1.12. The van der Waals surface area contributed by atoms with Crippen LogP contribution in [0, 0.1) is 0 Å². The molecule has 270 valence electrons. The van der Waals surface area contributed by atoms with Crippen LogP contribution in [0.5, 0.6) is 0 Å². The second kappa shape index (κ2) is 13.2. The largest absolute Gasteiger partial charge is 0.310 e. The fourth-order valence-corrected chi connectivity index (χ4v) is 10.5. The highest BCUT2D eigenvalue weighted by Crippen LogP contribution is 2.45. The number of hydrogen-bond donors (Lipinski definition) is 0. The van der Waals surface area contributed by atoms with Gasteiger partial charge in [-0.2, -0.15) is 0 Å². The maximum atomic E-state index is 2.45. The Hall–Kier alpha value is -7.26. The van der Waals surface area contributed by atoms with Crippen LogP contribution in [0.25, 0.3) is 96.3 Å². The molecule has 1 nitrogen and oxygen atoms in total. The van der Waals surface area contributed by atoms with Crippen LogP contribution in [0.4, 0.5) is 17.1 Å². The molecule has 0 aliphatic rings. The highest BCUT2D eigenvalue weighted by molar-refractivity contribution is 7.26. The molecule has 0 radical (unpaired) electrons. The summed E-state index contributed by atoms with van der Waals surface area (Å²) in [5, 5.41) is 15.3. The minimum Gasteiger partial charge on any atom is -0.310 e. The van der Waals surface area contributed by atoms with Crippen molar-refractivity contribution in [2.45, 2.75) is 0 Å². The molecule has 0 atom stereocenters. The van der Waals surface area contributed by atoms with E-state index >= 15 is 0 Å². The van der Waals surface area contributed by atoms with Crippen molar-refractivity contribution < 1.29 is 0 Å². The van der Waals surface area contributed by atoms with Gasteiger partial charge in [-0.1, -0.05) is 170 Å². The van der Waals surface area contributed by atoms with E-state index in [1.165, 1.54) is 96.3 Å². The molecule has 58 heavy (non-hydrogen) atoms. The Morgan fingerprint density at radius 1 is 0.293 bits per heavy atom. The molecule has 0 N–H and O–H groups in total. The summed E-state index contributed by atoms with van der Waals surface area (Å²) in [6.07, 6.45) is 0. The normalized spacial score (nSPS) is 11.8. The fraction of sp³-hybridized carbons (Fsp3) is 0. The average molecular weight is 754 g/mol. The lowest BCUT2D eigenvalue weighted by Crippen LogP contribution is -2.10. The van der Waals surface area contributed by atoms with Gasteiger partial charge in [-0.25, -0.2) is 0 Å². The Labute approximate surface area is 340 Å². The van der Waals surface area contributed by atoms with Gasteiger partial charge < -0.3 is 4.90 Å². The van der Waals surface area contributed by atoms with Crippen LogP contribution in [0.1, 0.15) is 0 Å². The van der Waals surface area contributed by atoms with Crippen LogP contribution in [0.3, 0.4) is 0 Å². The number of benzene rings is 11. The van der Waals surface area contributed by atoms with Gasteiger partial charge in [0.05, 0.1) is 5.69 Å². The third-order valence-corrected chi connectivity index (χ3v) is 13.2. The quantitative estimate of drug-likeness (QED) is 0.158. The molecule has 0 aliphatic heterocycles. The van der Waals surface area contributed by atoms with Crippen molar-refractivity contribution in [1.29, 1.82) is 0 Å². The molecule has 0 fully saturated rings. The van der Waals surface area contributed by atoms with E-state index in [0.29, 0.717) is 0 Å². The number of hydrogen-bond acceptors (Lipinski definition) is 2. The Balaban J connectivity index is 0.980. The number of nitrogens with zero attached hydrogens (tertiary/aromatic N) is 1. The van der Waals surface area contributed by atoms with Gasteiger partial charge in [0, 0.05) is 36.9 Å². The minimum atomic E-state index is 1.12. The Bertz CT molecular complexity index is 3560. The molecule has 12 aromatic rings. The fourth-order valence-electron chi connectivity index (χ4n) is 9.22. The summed E-state index contributed by atoms with van der Waals surface area (Å²) in [4.78, 5) is 2.45. The summed E-state index contributed by atoms with van der Waals surface area (Å²) < 4.78 is 2.67. The summed E-state index contributed by atoms with van der Waals surface area (Å²) in [6.45, 7) is 0. The topological polar surface area (TPSA) is 3.24 Å². The van der Waals surface area contributed by atoms with Crippen molar-refractivity contribution in [3.05, 3.63) is 212 Å². The van der Waals surface area contributed by atoms with Gasteiger partial charge in [-0.3, -0.25) is 0 Å². The molecule has 11 aromatic carbocycles. The van der Waals surface area contributed by atoms with Crippen molar-refractivity contribution in [2.24, 2.45) is 0 Å². The molecule has 0 saturated heterocycles. The first-order valence-electron chi connectivity index (χ1n) is 19.9. The second-order valence-electron chi connectivity index (χ2n) is 15.3. The molecule has 0 bridgehead atoms. The monoisotopic (exact) mass is 753 g/mol. The maximum Gasteiger partial charge on any atom is 0.0546 e. The standard InChI is InChI=1S/C56H35NS/c1-3-13-44-39(11-1)34-53(49-17-6-5-15-47(44)49)38-23-21-36(22-24-38)37-25-28-42(29-26-37)57(54-35-40-12-2-4-14-45(40)48-16-7-8-18-50(48)54)43-30-32-46-41(33-43)27-31-52-51-19-9-10-20-55(51)58-56(46)52/h1-35H. The van der Waals surface area contributed by atoms with Crippen molar-refractivity contribution >= 4 is 102 Å². The second-order valence-corrected chi connectivity index (χ2v) is 16.3. The number of rotatable bonds is 5. The highest BCUT2D eigenvalue weighted by atomic mass is 32.1. The third kappa shape index (κ3) is 5.23. The Kier molecular flexibility index (Phi) is 7.47. The molecule has 12 rings (SSSR count). The first-order valence-corrected chi connectivity index (χ1v) is 20.7. The summed E-state index contributed by atoms with van der Waals surface area (Å²) >= 11 is 1.89. The van der Waals surface area contributed by atoms with Gasteiger partial charge >= 0.3 is 0 Å². The molecule has 2 heteroatoms. The molecule has 0 saturated carbocycles. The molecule has 1 heterocycles. The molecule has 0 spiro atoms. The first-order chi connectivity index (χ1) is 28.7. The van der Waals surface area contributed by atoms with Crippen LogP contribution < -0.4 is 4.90 Å². The number of fused-ring (bicyclic) bond motifs is 11. The first kappa shape index (κ1) is 32.9. The summed E-state index contributed by atoms with van der Waals surface area (Å²) in [5.74, 6) is 0. The van der Waals surface area contributed by atoms with Gasteiger partial charge in [0.25, 0.3) is 0 Å². The maximum absolute atomic E-state index is 2.45. The van der Waals surface area contributed by atoms with Crippen LogP contribution in [0.2, 0.25) is 0 Å². The predicted molar refractivity (Wildman–Crippen MR) is 252 cm³/mol. The zero-order valence-corrected chi connectivity index (χ0v) is 32.4. The van der Waals surface area contributed by atoms with Gasteiger partial charge in [-0.05, 0) is 113 Å². The van der Waals surface area contributed by atoms with Crippen LogP contribution >= 0.6 is 11.3 Å². The summed E-state index contributed by atoms with van der Waals surface area (Å²) in [7, 11) is 0. The molecular weight excluding hydrogens is 719 g/mol. The molecule has 0 unspecified atom stereocenters. The van der Waals surface area contributed by atoms with E-state index in [9.17, 15) is 0 Å². The molecule has 0 aliphatic carbocycles. The molecule has 0 amide bonds. The van der Waals surface area contributed by atoms with Crippen LogP contribution in [0.15, 0.2) is 212 Å². The van der Waals surface area contributed by atoms with E-state index in [1.54, 1.807) is 0 Å².